The van der Waals surface area contributed by atoms with Gasteiger partial charge in [-0.2, -0.15) is 11.8 Å². The fraction of sp³-hybridized carbons (Fsp3) is 0.259. The molecule has 2 atom stereocenters. The van der Waals surface area contributed by atoms with E-state index in [1.165, 1.54) is 0 Å². The van der Waals surface area contributed by atoms with E-state index < -0.39 is 0 Å². The number of hydrogen-bond donors (Lipinski definition) is 2. The van der Waals surface area contributed by atoms with Crippen molar-refractivity contribution in [2.45, 2.75) is 18.3 Å². The molecule has 2 heterocycles. The number of rotatable bonds is 9. The minimum atomic E-state index is -0.119. The van der Waals surface area contributed by atoms with Crippen LogP contribution in [-0.4, -0.2) is 47.8 Å². The quantitative estimate of drug-likeness (QED) is 0.332. The van der Waals surface area contributed by atoms with Gasteiger partial charge in [-0.15, -0.1) is 0 Å². The average Bonchev–Trinajstić information content (AvgIpc) is 2.92. The standard InChI is InChI=1S/C27H29N5O2S/c1-17(34-3)18-8-10-19(11-9-18)23-14-25(32-16-31-23)30-15-24(35-4)22-7-5-6-20-21(27(33)28-2)12-13-29-26(20)22/h5-14,16-17,24H,15H2,1-4H3,(H,28,33)(H,30,31,32). The third-order valence-corrected chi connectivity index (χ3v) is 7.06. The molecule has 0 aliphatic rings. The Labute approximate surface area is 209 Å². The van der Waals surface area contributed by atoms with Gasteiger partial charge in [0.05, 0.1) is 22.9 Å². The normalized spacial score (nSPS) is 12.8. The van der Waals surface area contributed by atoms with Gasteiger partial charge in [-0.25, -0.2) is 9.97 Å². The fourth-order valence-corrected chi connectivity index (χ4v) is 4.68. The zero-order valence-corrected chi connectivity index (χ0v) is 21.1. The molecule has 0 spiro atoms. The zero-order valence-electron chi connectivity index (χ0n) is 20.3. The number of methoxy groups -OCH3 is 1. The first kappa shape index (κ1) is 24.6. The molecule has 8 heteroatoms. The number of fused-ring (bicyclic) bond motifs is 1. The van der Waals surface area contributed by atoms with Gasteiger partial charge in [0.25, 0.3) is 5.91 Å². The van der Waals surface area contributed by atoms with Gasteiger partial charge in [-0.1, -0.05) is 42.5 Å². The number of thioether (sulfide) groups is 1. The minimum Gasteiger partial charge on any atom is -0.377 e. The third-order valence-electron chi connectivity index (χ3n) is 6.07. The highest BCUT2D eigenvalue weighted by atomic mass is 32.2. The van der Waals surface area contributed by atoms with Gasteiger partial charge in [0, 0.05) is 49.2 Å². The molecule has 2 aromatic heterocycles. The lowest BCUT2D eigenvalue weighted by Crippen LogP contribution is -2.18. The van der Waals surface area contributed by atoms with E-state index in [4.69, 9.17) is 4.74 Å². The van der Waals surface area contributed by atoms with Crippen LogP contribution >= 0.6 is 11.8 Å². The summed E-state index contributed by atoms with van der Waals surface area (Å²) >= 11 is 1.73. The number of para-hydroxylation sites is 1. The van der Waals surface area contributed by atoms with Gasteiger partial charge in [-0.05, 0) is 30.4 Å². The van der Waals surface area contributed by atoms with Crippen LogP contribution in [0.2, 0.25) is 0 Å². The SMILES string of the molecule is CNC(=O)c1ccnc2c(C(CNc3cc(-c4ccc(C(C)OC)cc4)ncn3)SC)cccc12. The van der Waals surface area contributed by atoms with Crippen molar-refractivity contribution in [1.29, 1.82) is 0 Å². The van der Waals surface area contributed by atoms with E-state index >= 15 is 0 Å². The Morgan fingerprint density at radius 1 is 1.09 bits per heavy atom. The number of aromatic nitrogens is 3. The molecule has 7 nitrogen and oxygen atoms in total. The number of amides is 1. The van der Waals surface area contributed by atoms with Crippen LogP contribution in [-0.2, 0) is 4.74 Å². The molecule has 2 aromatic carbocycles. The molecule has 4 aromatic rings. The average molecular weight is 488 g/mol. The molecule has 0 bridgehead atoms. The third kappa shape index (κ3) is 5.44. The number of carbonyl (C=O) groups excluding carboxylic acids is 1. The summed E-state index contributed by atoms with van der Waals surface area (Å²) in [6, 6.07) is 17.9. The molecule has 2 N–H and O–H groups in total. The highest BCUT2D eigenvalue weighted by Crippen LogP contribution is 2.33. The van der Waals surface area contributed by atoms with Gasteiger partial charge >= 0.3 is 0 Å². The number of benzene rings is 2. The topological polar surface area (TPSA) is 89.0 Å². The summed E-state index contributed by atoms with van der Waals surface area (Å²) in [6.45, 7) is 2.67. The van der Waals surface area contributed by atoms with E-state index in [1.807, 2.05) is 37.3 Å². The molecule has 2 unspecified atom stereocenters. The number of nitrogens with zero attached hydrogens (tertiary/aromatic N) is 3. The Balaban J connectivity index is 1.55. The van der Waals surface area contributed by atoms with Crippen molar-refractivity contribution >= 4 is 34.4 Å². The van der Waals surface area contributed by atoms with E-state index in [9.17, 15) is 4.79 Å². The second-order valence-corrected chi connectivity index (χ2v) is 9.12. The second kappa shape index (κ2) is 11.3. The van der Waals surface area contributed by atoms with Crippen LogP contribution in [0.15, 0.2) is 67.1 Å². The first-order valence-corrected chi connectivity index (χ1v) is 12.7. The Bertz CT molecular complexity index is 1310. The summed E-state index contributed by atoms with van der Waals surface area (Å²) in [5.74, 6) is 0.634. The summed E-state index contributed by atoms with van der Waals surface area (Å²) in [5, 5.41) is 7.12. The van der Waals surface area contributed by atoms with E-state index in [1.54, 1.807) is 44.5 Å². The van der Waals surface area contributed by atoms with Gasteiger partial charge < -0.3 is 15.4 Å². The minimum absolute atomic E-state index is 0.0474. The lowest BCUT2D eigenvalue weighted by atomic mass is 10.0. The molecule has 35 heavy (non-hydrogen) atoms. The summed E-state index contributed by atoms with van der Waals surface area (Å²) in [7, 11) is 3.34. The number of nitrogens with one attached hydrogen (secondary N) is 2. The second-order valence-electron chi connectivity index (χ2n) is 8.07. The summed E-state index contributed by atoms with van der Waals surface area (Å²) < 4.78 is 5.39. The van der Waals surface area contributed by atoms with Crippen molar-refractivity contribution in [3.63, 3.8) is 0 Å². The maximum Gasteiger partial charge on any atom is 0.251 e. The van der Waals surface area contributed by atoms with E-state index in [0.717, 1.165) is 39.1 Å². The van der Waals surface area contributed by atoms with Gasteiger partial charge in [0.15, 0.2) is 0 Å². The smallest absolute Gasteiger partial charge is 0.251 e. The van der Waals surface area contributed by atoms with Crippen molar-refractivity contribution in [2.75, 3.05) is 32.3 Å². The molecule has 1 amide bonds. The first-order chi connectivity index (χ1) is 17.0. The Morgan fingerprint density at radius 3 is 2.60 bits per heavy atom. The Kier molecular flexibility index (Phi) is 7.94. The molecule has 0 saturated heterocycles. The van der Waals surface area contributed by atoms with E-state index in [0.29, 0.717) is 12.1 Å². The Hall–Kier alpha value is -3.49. The van der Waals surface area contributed by atoms with Crippen LogP contribution in [0.5, 0.6) is 0 Å². The highest BCUT2D eigenvalue weighted by molar-refractivity contribution is 7.98. The molecule has 0 saturated carbocycles. The number of carbonyl (C=O) groups is 1. The van der Waals surface area contributed by atoms with Crippen molar-refractivity contribution in [3.05, 3.63) is 83.8 Å². The van der Waals surface area contributed by atoms with Crippen LogP contribution in [0.3, 0.4) is 0 Å². The Morgan fingerprint density at radius 2 is 1.89 bits per heavy atom. The van der Waals surface area contributed by atoms with Gasteiger partial charge in [0.1, 0.15) is 12.1 Å². The zero-order chi connectivity index (χ0) is 24.8. The van der Waals surface area contributed by atoms with Gasteiger partial charge in [-0.3, -0.25) is 9.78 Å². The van der Waals surface area contributed by atoms with Crippen molar-refractivity contribution in [3.8, 4) is 11.3 Å². The highest BCUT2D eigenvalue weighted by Gasteiger charge is 2.17. The predicted octanol–water partition coefficient (Wildman–Crippen LogP) is 5.28. The first-order valence-electron chi connectivity index (χ1n) is 11.4. The van der Waals surface area contributed by atoms with Crippen molar-refractivity contribution < 1.29 is 9.53 Å². The summed E-state index contributed by atoms with van der Waals surface area (Å²) in [6.07, 6.45) is 5.39. The number of anilines is 1. The van der Waals surface area contributed by atoms with Crippen molar-refractivity contribution in [1.82, 2.24) is 20.3 Å². The maximum atomic E-state index is 12.3. The molecular formula is C27H29N5O2S. The van der Waals surface area contributed by atoms with Crippen molar-refractivity contribution in [2.24, 2.45) is 0 Å². The van der Waals surface area contributed by atoms with E-state index in [-0.39, 0.29) is 17.3 Å². The molecule has 4 rings (SSSR count). The molecular weight excluding hydrogens is 458 g/mol. The lowest BCUT2D eigenvalue weighted by Gasteiger charge is -2.18. The molecule has 0 fully saturated rings. The van der Waals surface area contributed by atoms with Crippen LogP contribution in [0, 0.1) is 0 Å². The lowest BCUT2D eigenvalue weighted by molar-refractivity contribution is 0.0964. The predicted molar refractivity (Wildman–Crippen MR) is 143 cm³/mol. The fourth-order valence-electron chi connectivity index (χ4n) is 3.98. The summed E-state index contributed by atoms with van der Waals surface area (Å²) in [5.41, 5.74) is 5.52. The molecule has 0 radical (unpaired) electrons. The van der Waals surface area contributed by atoms with Crippen LogP contribution in [0.4, 0.5) is 5.82 Å². The van der Waals surface area contributed by atoms with Crippen LogP contribution in [0.25, 0.3) is 22.2 Å². The summed E-state index contributed by atoms with van der Waals surface area (Å²) in [4.78, 5) is 25.8. The maximum absolute atomic E-state index is 12.3. The largest absolute Gasteiger partial charge is 0.377 e. The van der Waals surface area contributed by atoms with E-state index in [2.05, 4.69) is 50.0 Å². The number of ether oxygens (including phenoxy) is 1. The molecule has 0 aliphatic carbocycles. The van der Waals surface area contributed by atoms with Gasteiger partial charge in [0.2, 0.25) is 0 Å². The molecule has 0 aliphatic heterocycles. The van der Waals surface area contributed by atoms with Crippen LogP contribution < -0.4 is 10.6 Å². The molecule has 180 valence electrons. The number of pyridine rings is 1. The number of hydrogen-bond acceptors (Lipinski definition) is 7. The van der Waals surface area contributed by atoms with Crippen LogP contribution in [0.1, 0.15) is 39.8 Å². The monoisotopic (exact) mass is 487 g/mol.